The number of hydrogen-bond donors (Lipinski definition) is 0. The lowest BCUT2D eigenvalue weighted by molar-refractivity contribution is 0.410. The summed E-state index contributed by atoms with van der Waals surface area (Å²) in [4.78, 5) is 0. The molecule has 0 atom stereocenters. The van der Waals surface area contributed by atoms with Crippen molar-refractivity contribution in [1.82, 2.24) is 0 Å². The highest BCUT2D eigenvalue weighted by Gasteiger charge is 1.90. The van der Waals surface area contributed by atoms with E-state index in [4.69, 9.17) is 4.43 Å². The Morgan fingerprint density at radius 1 is 1.57 bits per heavy atom. The zero-order valence-electron chi connectivity index (χ0n) is 5.27. The predicted molar refractivity (Wildman–Crippen MR) is 37.8 cm³/mol. The number of rotatable bonds is 3. The summed E-state index contributed by atoms with van der Waals surface area (Å²) in [7, 11) is -0.0940. The summed E-state index contributed by atoms with van der Waals surface area (Å²) in [5, 5.41) is 0. The zero-order chi connectivity index (χ0) is 5.70. The molecule has 0 aliphatic carbocycles. The maximum Gasteiger partial charge on any atom is 0.189 e. The molecule has 0 heterocycles. The van der Waals surface area contributed by atoms with E-state index in [1.807, 2.05) is 0 Å². The molecule has 1 radical (unpaired) electrons. The van der Waals surface area contributed by atoms with Gasteiger partial charge in [-0.2, -0.15) is 0 Å². The van der Waals surface area contributed by atoms with Crippen molar-refractivity contribution >= 4 is 18.6 Å². The average molecular weight is 133 g/mol. The fourth-order valence-corrected chi connectivity index (χ4v) is 2.60. The topological polar surface area (TPSA) is 9.23 Å². The van der Waals surface area contributed by atoms with Crippen molar-refractivity contribution in [2.45, 2.75) is 19.6 Å². The van der Waals surface area contributed by atoms with Crippen LogP contribution in [0.2, 0.25) is 19.6 Å². The van der Waals surface area contributed by atoms with E-state index in [2.05, 4.69) is 19.6 Å². The van der Waals surface area contributed by atoms with Crippen molar-refractivity contribution in [1.29, 1.82) is 0 Å². The van der Waals surface area contributed by atoms with Gasteiger partial charge in [0.05, 0.1) is 8.80 Å². The molecule has 0 bridgehead atoms. The Kier molecular flexibility index (Phi) is 4.81. The minimum Gasteiger partial charge on any atom is -0.425 e. The van der Waals surface area contributed by atoms with Crippen LogP contribution < -0.4 is 0 Å². The van der Waals surface area contributed by atoms with Crippen LogP contribution in [0.1, 0.15) is 0 Å². The standard InChI is InChI=1S/C4H13OSi2/c1-6-5-4-7(2)3/h6-7H,4H2,1-3H3. The van der Waals surface area contributed by atoms with Gasteiger partial charge in [0.15, 0.2) is 9.76 Å². The van der Waals surface area contributed by atoms with Gasteiger partial charge in [0.2, 0.25) is 0 Å². The predicted octanol–water partition coefficient (Wildman–Crippen LogP) is 0.428. The molecular weight excluding hydrogens is 120 g/mol. The molecule has 0 aromatic heterocycles. The number of hydrogen-bond acceptors (Lipinski definition) is 1. The van der Waals surface area contributed by atoms with Crippen molar-refractivity contribution in [3.05, 3.63) is 0 Å². The SMILES string of the molecule is C[SiH]OC[SiH](C)C. The van der Waals surface area contributed by atoms with Crippen LogP contribution in [0.15, 0.2) is 0 Å². The Labute approximate surface area is 49.6 Å². The van der Waals surface area contributed by atoms with Crippen LogP contribution >= 0.6 is 0 Å². The summed E-state index contributed by atoms with van der Waals surface area (Å²) in [6.07, 6.45) is 1.08. The molecule has 0 rings (SSSR count). The molecule has 1 nitrogen and oxygen atoms in total. The first-order valence-electron chi connectivity index (χ1n) is 2.66. The molecule has 7 heavy (non-hydrogen) atoms. The van der Waals surface area contributed by atoms with Crippen LogP contribution in [0.25, 0.3) is 0 Å². The minimum absolute atomic E-state index is 0.296. The van der Waals surface area contributed by atoms with Gasteiger partial charge >= 0.3 is 0 Å². The van der Waals surface area contributed by atoms with Crippen LogP contribution in [0.4, 0.5) is 0 Å². The summed E-state index contributed by atoms with van der Waals surface area (Å²) in [6, 6.07) is 0. The highest BCUT2D eigenvalue weighted by Crippen LogP contribution is 1.78. The molecular formula is C4H13OSi2. The van der Waals surface area contributed by atoms with E-state index >= 15 is 0 Å². The normalized spacial score (nSPS) is 10.3. The fourth-order valence-electron chi connectivity index (χ4n) is 0.289. The first kappa shape index (κ1) is 7.39. The highest BCUT2D eigenvalue weighted by molar-refractivity contribution is 6.56. The van der Waals surface area contributed by atoms with Crippen molar-refractivity contribution in [2.24, 2.45) is 0 Å². The van der Waals surface area contributed by atoms with Crippen molar-refractivity contribution in [2.75, 3.05) is 6.23 Å². The molecule has 0 aliphatic heterocycles. The highest BCUT2D eigenvalue weighted by atomic mass is 28.3. The molecule has 0 aromatic rings. The second-order valence-electron chi connectivity index (χ2n) is 1.96. The lowest BCUT2D eigenvalue weighted by Crippen LogP contribution is -2.12. The minimum atomic E-state index is -0.390. The van der Waals surface area contributed by atoms with Crippen molar-refractivity contribution in [3.8, 4) is 0 Å². The Bertz CT molecular complexity index is 38.7. The lowest BCUT2D eigenvalue weighted by Gasteiger charge is -1.99. The molecule has 0 saturated heterocycles. The molecule has 0 saturated carbocycles. The van der Waals surface area contributed by atoms with Gasteiger partial charge in [-0.25, -0.2) is 0 Å². The maximum absolute atomic E-state index is 5.24. The average Bonchev–Trinajstić information content (AvgIpc) is 1.61. The van der Waals surface area contributed by atoms with Crippen LogP contribution in [0.5, 0.6) is 0 Å². The fraction of sp³-hybridized carbons (Fsp3) is 1.00. The van der Waals surface area contributed by atoms with Gasteiger partial charge in [-0.1, -0.05) is 13.1 Å². The van der Waals surface area contributed by atoms with E-state index in [1.54, 1.807) is 0 Å². The van der Waals surface area contributed by atoms with Gasteiger partial charge in [-0.05, 0) is 6.55 Å². The van der Waals surface area contributed by atoms with Crippen LogP contribution in [-0.4, -0.2) is 24.8 Å². The van der Waals surface area contributed by atoms with Crippen LogP contribution in [-0.2, 0) is 4.43 Å². The molecule has 3 heteroatoms. The summed E-state index contributed by atoms with van der Waals surface area (Å²) in [5.74, 6) is 0. The second-order valence-corrected chi connectivity index (χ2v) is 5.89. The van der Waals surface area contributed by atoms with Gasteiger partial charge in [-0.15, -0.1) is 0 Å². The Hall–Kier alpha value is 0.394. The molecule has 0 amide bonds. The molecule has 0 fully saturated rings. The van der Waals surface area contributed by atoms with Gasteiger partial charge in [0.25, 0.3) is 0 Å². The van der Waals surface area contributed by atoms with Gasteiger partial charge < -0.3 is 4.43 Å². The second kappa shape index (κ2) is 4.55. The van der Waals surface area contributed by atoms with E-state index in [9.17, 15) is 0 Å². The first-order chi connectivity index (χ1) is 3.27. The summed E-state index contributed by atoms with van der Waals surface area (Å²) >= 11 is 0. The zero-order valence-corrected chi connectivity index (χ0v) is 7.58. The van der Waals surface area contributed by atoms with Crippen LogP contribution in [0.3, 0.4) is 0 Å². The smallest absolute Gasteiger partial charge is 0.189 e. The van der Waals surface area contributed by atoms with E-state index in [0.717, 1.165) is 6.23 Å². The first-order valence-corrected chi connectivity index (χ1v) is 7.42. The molecule has 0 N–H and O–H groups in total. The summed E-state index contributed by atoms with van der Waals surface area (Å²) in [5.41, 5.74) is 0. The van der Waals surface area contributed by atoms with Gasteiger partial charge in [-0.3, -0.25) is 0 Å². The van der Waals surface area contributed by atoms with Gasteiger partial charge in [0, 0.05) is 6.23 Å². The third-order valence-electron chi connectivity index (χ3n) is 0.596. The van der Waals surface area contributed by atoms with E-state index in [1.165, 1.54) is 0 Å². The van der Waals surface area contributed by atoms with Crippen LogP contribution in [0, 0.1) is 0 Å². The van der Waals surface area contributed by atoms with E-state index < -0.39 is 0 Å². The molecule has 43 valence electrons. The summed E-state index contributed by atoms with van der Waals surface area (Å²) in [6.45, 7) is 6.72. The third-order valence-corrected chi connectivity index (χ3v) is 2.37. The quantitative estimate of drug-likeness (QED) is 0.507. The Morgan fingerprint density at radius 2 is 2.14 bits per heavy atom. The third kappa shape index (κ3) is 6.39. The van der Waals surface area contributed by atoms with Crippen molar-refractivity contribution < 1.29 is 4.43 Å². The van der Waals surface area contributed by atoms with Gasteiger partial charge in [0.1, 0.15) is 0 Å². The Morgan fingerprint density at radius 3 is 2.29 bits per heavy atom. The van der Waals surface area contributed by atoms with Crippen molar-refractivity contribution in [3.63, 3.8) is 0 Å². The lowest BCUT2D eigenvalue weighted by atomic mass is 11.7. The maximum atomic E-state index is 5.24. The van der Waals surface area contributed by atoms with E-state index in [-0.39, 0.29) is 8.80 Å². The Balaban J connectivity index is 2.68. The molecule has 0 unspecified atom stereocenters. The largest absolute Gasteiger partial charge is 0.425 e. The molecule has 0 aromatic carbocycles. The molecule has 0 spiro atoms. The molecule has 0 aliphatic rings. The van der Waals surface area contributed by atoms with E-state index in [0.29, 0.717) is 9.76 Å². The summed E-state index contributed by atoms with van der Waals surface area (Å²) < 4.78 is 5.24. The monoisotopic (exact) mass is 133 g/mol.